The summed E-state index contributed by atoms with van der Waals surface area (Å²) < 4.78 is 4.99. The minimum Gasteiger partial charge on any atom is -0.480 e. The fraction of sp³-hybridized carbons (Fsp3) is 0.286. The number of methoxy groups -OCH3 is 1. The van der Waals surface area contributed by atoms with Crippen LogP contribution in [0.1, 0.15) is 25.3 Å². The van der Waals surface area contributed by atoms with Crippen LogP contribution >= 0.6 is 0 Å². The lowest BCUT2D eigenvalue weighted by molar-refractivity contribution is 0.396. The van der Waals surface area contributed by atoms with Crippen LogP contribution in [0.4, 0.5) is 0 Å². The highest BCUT2D eigenvalue weighted by molar-refractivity contribution is 5.59. The quantitative estimate of drug-likeness (QED) is 0.808. The highest BCUT2D eigenvalue weighted by Gasteiger charge is 2.04. The molecule has 3 nitrogen and oxygen atoms in total. The Hall–Kier alpha value is -1.90. The van der Waals surface area contributed by atoms with E-state index >= 15 is 0 Å². The summed E-state index contributed by atoms with van der Waals surface area (Å²) in [5.74, 6) is 1.05. The predicted molar refractivity (Wildman–Crippen MR) is 68.1 cm³/mol. The minimum absolute atomic E-state index is 0.515. The zero-order valence-corrected chi connectivity index (χ0v) is 10.3. The molecule has 0 aliphatic rings. The van der Waals surface area contributed by atoms with Crippen LogP contribution in [0.5, 0.6) is 5.88 Å². The maximum Gasteiger partial charge on any atom is 0.232 e. The van der Waals surface area contributed by atoms with Gasteiger partial charge in [0, 0.05) is 5.56 Å². The van der Waals surface area contributed by atoms with Crippen LogP contribution in [0.15, 0.2) is 36.7 Å². The minimum atomic E-state index is 0.515. The molecule has 0 radical (unpaired) electrons. The standard InChI is InChI=1S/C14H16N2O/c1-10(2)11-5-4-6-12(7-11)13-8-16-14(17-3)9-15-13/h4-10H,1-3H3. The van der Waals surface area contributed by atoms with Crippen LogP contribution in [-0.4, -0.2) is 17.1 Å². The molecule has 2 rings (SSSR count). The molecule has 0 bridgehead atoms. The number of nitrogens with zero attached hydrogens (tertiary/aromatic N) is 2. The van der Waals surface area contributed by atoms with Crippen molar-refractivity contribution in [2.24, 2.45) is 0 Å². The highest BCUT2D eigenvalue weighted by Crippen LogP contribution is 2.22. The van der Waals surface area contributed by atoms with Gasteiger partial charge in [-0.3, -0.25) is 0 Å². The molecule has 17 heavy (non-hydrogen) atoms. The lowest BCUT2D eigenvalue weighted by Crippen LogP contribution is -1.92. The molecule has 0 saturated heterocycles. The SMILES string of the molecule is COc1cnc(-c2cccc(C(C)C)c2)cn1. The van der Waals surface area contributed by atoms with Crippen LogP contribution in [0.2, 0.25) is 0 Å². The molecule has 0 spiro atoms. The maximum absolute atomic E-state index is 4.99. The van der Waals surface area contributed by atoms with E-state index in [9.17, 15) is 0 Å². The molecule has 0 aliphatic carbocycles. The number of benzene rings is 1. The van der Waals surface area contributed by atoms with Crippen molar-refractivity contribution in [1.29, 1.82) is 0 Å². The van der Waals surface area contributed by atoms with Gasteiger partial charge in [-0.05, 0) is 17.5 Å². The first kappa shape index (κ1) is 11.6. The van der Waals surface area contributed by atoms with Gasteiger partial charge >= 0.3 is 0 Å². The zero-order chi connectivity index (χ0) is 12.3. The Morgan fingerprint density at radius 1 is 1.12 bits per heavy atom. The van der Waals surface area contributed by atoms with E-state index in [2.05, 4.69) is 42.0 Å². The molecular weight excluding hydrogens is 212 g/mol. The molecule has 1 aromatic heterocycles. The summed E-state index contributed by atoms with van der Waals surface area (Å²) in [6, 6.07) is 8.38. The largest absolute Gasteiger partial charge is 0.480 e. The van der Waals surface area contributed by atoms with Gasteiger partial charge in [0.1, 0.15) is 0 Å². The normalized spacial score (nSPS) is 10.6. The molecule has 3 heteroatoms. The third kappa shape index (κ3) is 2.61. The fourth-order valence-electron chi connectivity index (χ4n) is 1.63. The highest BCUT2D eigenvalue weighted by atomic mass is 16.5. The average molecular weight is 228 g/mol. The van der Waals surface area contributed by atoms with E-state index in [1.165, 1.54) is 5.56 Å². The van der Waals surface area contributed by atoms with Crippen LogP contribution in [0.25, 0.3) is 11.3 Å². The van der Waals surface area contributed by atoms with Crippen LogP contribution in [-0.2, 0) is 0 Å². The van der Waals surface area contributed by atoms with Crippen molar-refractivity contribution in [2.75, 3.05) is 7.11 Å². The second-order valence-electron chi connectivity index (χ2n) is 4.22. The van der Waals surface area contributed by atoms with Gasteiger partial charge in [-0.1, -0.05) is 32.0 Å². The number of rotatable bonds is 3. The Balaban J connectivity index is 2.35. The van der Waals surface area contributed by atoms with Crippen molar-refractivity contribution in [2.45, 2.75) is 19.8 Å². The van der Waals surface area contributed by atoms with Gasteiger partial charge in [-0.25, -0.2) is 9.97 Å². The average Bonchev–Trinajstić information content (AvgIpc) is 2.39. The summed E-state index contributed by atoms with van der Waals surface area (Å²) in [5, 5.41) is 0. The van der Waals surface area contributed by atoms with Crippen LogP contribution < -0.4 is 4.74 Å². The van der Waals surface area contributed by atoms with Crippen molar-refractivity contribution in [3.8, 4) is 17.1 Å². The Bertz CT molecular complexity index is 492. The van der Waals surface area contributed by atoms with Crippen molar-refractivity contribution < 1.29 is 4.74 Å². The lowest BCUT2D eigenvalue weighted by Gasteiger charge is -2.07. The second-order valence-corrected chi connectivity index (χ2v) is 4.22. The van der Waals surface area contributed by atoms with Crippen LogP contribution in [0, 0.1) is 0 Å². The van der Waals surface area contributed by atoms with E-state index in [1.807, 2.05) is 6.07 Å². The molecule has 1 heterocycles. The monoisotopic (exact) mass is 228 g/mol. The summed E-state index contributed by atoms with van der Waals surface area (Å²) in [7, 11) is 1.59. The molecule has 0 N–H and O–H groups in total. The smallest absolute Gasteiger partial charge is 0.232 e. The van der Waals surface area contributed by atoms with Crippen molar-refractivity contribution in [3.63, 3.8) is 0 Å². The zero-order valence-electron chi connectivity index (χ0n) is 10.3. The van der Waals surface area contributed by atoms with Gasteiger partial charge in [-0.15, -0.1) is 0 Å². The number of ether oxygens (including phenoxy) is 1. The molecule has 0 saturated carbocycles. The van der Waals surface area contributed by atoms with E-state index in [-0.39, 0.29) is 0 Å². The Morgan fingerprint density at radius 2 is 1.94 bits per heavy atom. The van der Waals surface area contributed by atoms with E-state index in [1.54, 1.807) is 19.5 Å². The fourth-order valence-corrected chi connectivity index (χ4v) is 1.63. The third-order valence-corrected chi connectivity index (χ3v) is 2.69. The predicted octanol–water partition coefficient (Wildman–Crippen LogP) is 3.28. The third-order valence-electron chi connectivity index (χ3n) is 2.69. The lowest BCUT2D eigenvalue weighted by atomic mass is 10.00. The Kier molecular flexibility index (Phi) is 3.38. The van der Waals surface area contributed by atoms with E-state index in [0.29, 0.717) is 11.8 Å². The number of hydrogen-bond donors (Lipinski definition) is 0. The molecule has 2 aromatic rings. The first-order valence-electron chi connectivity index (χ1n) is 5.67. The van der Waals surface area contributed by atoms with Gasteiger partial charge in [0.15, 0.2) is 0 Å². The van der Waals surface area contributed by atoms with E-state index < -0.39 is 0 Å². The van der Waals surface area contributed by atoms with Crippen molar-refractivity contribution in [1.82, 2.24) is 9.97 Å². The topological polar surface area (TPSA) is 35.0 Å². The van der Waals surface area contributed by atoms with Gasteiger partial charge in [0.25, 0.3) is 0 Å². The summed E-state index contributed by atoms with van der Waals surface area (Å²) in [4.78, 5) is 8.50. The second kappa shape index (κ2) is 4.95. The van der Waals surface area contributed by atoms with E-state index in [4.69, 9.17) is 4.74 Å². The van der Waals surface area contributed by atoms with Gasteiger partial charge in [0.2, 0.25) is 5.88 Å². The summed E-state index contributed by atoms with van der Waals surface area (Å²) in [6.07, 6.45) is 3.37. The summed E-state index contributed by atoms with van der Waals surface area (Å²) >= 11 is 0. The van der Waals surface area contributed by atoms with Crippen molar-refractivity contribution >= 4 is 0 Å². The number of hydrogen-bond acceptors (Lipinski definition) is 3. The van der Waals surface area contributed by atoms with Gasteiger partial charge in [-0.2, -0.15) is 0 Å². The summed E-state index contributed by atoms with van der Waals surface area (Å²) in [5.41, 5.74) is 3.26. The molecular formula is C14H16N2O. The van der Waals surface area contributed by atoms with Crippen molar-refractivity contribution in [3.05, 3.63) is 42.2 Å². The first-order valence-corrected chi connectivity index (χ1v) is 5.67. The Morgan fingerprint density at radius 3 is 2.53 bits per heavy atom. The maximum atomic E-state index is 4.99. The molecule has 88 valence electrons. The Labute approximate surface area is 102 Å². The first-order chi connectivity index (χ1) is 8.20. The molecule has 0 unspecified atom stereocenters. The van der Waals surface area contributed by atoms with Gasteiger partial charge < -0.3 is 4.74 Å². The summed E-state index contributed by atoms with van der Waals surface area (Å²) in [6.45, 7) is 4.36. The molecule has 0 atom stereocenters. The van der Waals surface area contributed by atoms with E-state index in [0.717, 1.165) is 11.3 Å². The van der Waals surface area contributed by atoms with Gasteiger partial charge in [0.05, 0.1) is 25.2 Å². The molecule has 0 aliphatic heterocycles. The number of aromatic nitrogens is 2. The molecule has 1 aromatic carbocycles. The molecule has 0 amide bonds. The molecule has 0 fully saturated rings. The van der Waals surface area contributed by atoms with Crippen LogP contribution in [0.3, 0.4) is 0 Å².